The summed E-state index contributed by atoms with van der Waals surface area (Å²) in [5, 5.41) is 5.77. The molecule has 0 unspecified atom stereocenters. The third-order valence-electron chi connectivity index (χ3n) is 0.653. The molecule has 2 nitrogen and oxygen atoms in total. The quantitative estimate of drug-likeness (QED) is 0.386. The van der Waals surface area contributed by atoms with Gasteiger partial charge in [0.25, 0.3) is 0 Å². The second kappa shape index (κ2) is 3.24. The lowest BCUT2D eigenvalue weighted by Crippen LogP contribution is -2.04. The number of hydrogen-bond acceptors (Lipinski definition) is 2. The van der Waals surface area contributed by atoms with Crippen LogP contribution in [0.1, 0.15) is 6.92 Å². The summed E-state index contributed by atoms with van der Waals surface area (Å²) in [6, 6.07) is 0. The van der Waals surface area contributed by atoms with Gasteiger partial charge in [0.2, 0.25) is 0 Å². The zero-order valence-corrected chi connectivity index (χ0v) is 5.68. The van der Waals surface area contributed by atoms with Crippen LogP contribution in [0.15, 0.2) is 17.8 Å². The predicted molar refractivity (Wildman–Crippen MR) is 37.0 cm³/mol. The highest BCUT2D eigenvalue weighted by atomic mass is 15.4. The van der Waals surface area contributed by atoms with E-state index in [4.69, 9.17) is 0 Å². The Bertz CT molecular complexity index is 103. The Morgan fingerprint density at radius 1 is 1.62 bits per heavy atom. The van der Waals surface area contributed by atoms with E-state index in [9.17, 15) is 0 Å². The molecule has 0 rings (SSSR count). The topological polar surface area (TPSA) is 15.6 Å². The molecule has 0 amide bonds. The summed E-state index contributed by atoms with van der Waals surface area (Å²) < 4.78 is 0. The molecule has 0 saturated carbocycles. The molecule has 0 aromatic rings. The summed E-state index contributed by atoms with van der Waals surface area (Å²) in [6.45, 7) is 5.47. The summed E-state index contributed by atoms with van der Waals surface area (Å²) in [5.74, 6) is 0. The molecule has 0 fully saturated rings. The van der Waals surface area contributed by atoms with Crippen LogP contribution >= 0.6 is 0 Å². The van der Waals surface area contributed by atoms with Crippen LogP contribution in [0, 0.1) is 0 Å². The van der Waals surface area contributed by atoms with Gasteiger partial charge in [0.15, 0.2) is 0 Å². The molecule has 0 aliphatic carbocycles. The SMILES string of the molecule is C=C/C(C)=N\N(C)C. The van der Waals surface area contributed by atoms with Crippen LogP contribution in [0.3, 0.4) is 0 Å². The minimum atomic E-state index is 0.940. The fraction of sp³-hybridized carbons (Fsp3) is 0.500. The zero-order chi connectivity index (χ0) is 6.57. The zero-order valence-electron chi connectivity index (χ0n) is 5.68. The molecular formula is C6H12N2. The maximum absolute atomic E-state index is 4.03. The summed E-state index contributed by atoms with van der Waals surface area (Å²) in [5.41, 5.74) is 0.940. The maximum Gasteiger partial charge on any atom is 0.0568 e. The highest BCUT2D eigenvalue weighted by Gasteiger charge is 1.79. The van der Waals surface area contributed by atoms with E-state index in [-0.39, 0.29) is 0 Å². The Kier molecular flexibility index (Phi) is 2.92. The average molecular weight is 112 g/mol. The molecule has 0 aliphatic heterocycles. The molecule has 8 heavy (non-hydrogen) atoms. The van der Waals surface area contributed by atoms with Gasteiger partial charge >= 0.3 is 0 Å². The van der Waals surface area contributed by atoms with E-state index >= 15 is 0 Å². The summed E-state index contributed by atoms with van der Waals surface area (Å²) in [4.78, 5) is 0. The summed E-state index contributed by atoms with van der Waals surface area (Å²) >= 11 is 0. The second-order valence-corrected chi connectivity index (χ2v) is 1.79. The Balaban J connectivity index is 3.74. The lowest BCUT2D eigenvalue weighted by atomic mass is 10.4. The van der Waals surface area contributed by atoms with Crippen molar-refractivity contribution in [3.05, 3.63) is 12.7 Å². The van der Waals surface area contributed by atoms with E-state index < -0.39 is 0 Å². The number of rotatable bonds is 2. The first-order chi connectivity index (χ1) is 3.66. The van der Waals surface area contributed by atoms with Gasteiger partial charge < -0.3 is 5.01 Å². The lowest BCUT2D eigenvalue weighted by Gasteiger charge is -2.02. The molecule has 0 heterocycles. The maximum atomic E-state index is 4.03. The first-order valence-corrected chi connectivity index (χ1v) is 2.51. The van der Waals surface area contributed by atoms with Crippen molar-refractivity contribution in [1.29, 1.82) is 0 Å². The molecule has 0 radical (unpaired) electrons. The highest BCUT2D eigenvalue weighted by molar-refractivity contribution is 5.91. The van der Waals surface area contributed by atoms with E-state index in [1.54, 1.807) is 11.1 Å². The molecule has 0 aromatic heterocycles. The molecule has 0 bridgehead atoms. The second-order valence-electron chi connectivity index (χ2n) is 1.79. The minimum absolute atomic E-state index is 0.940. The third-order valence-corrected chi connectivity index (χ3v) is 0.653. The summed E-state index contributed by atoms with van der Waals surface area (Å²) in [7, 11) is 3.76. The minimum Gasteiger partial charge on any atom is -0.303 e. The van der Waals surface area contributed by atoms with Gasteiger partial charge in [-0.2, -0.15) is 5.10 Å². The smallest absolute Gasteiger partial charge is 0.0568 e. The molecule has 0 N–H and O–H groups in total. The molecule has 2 heteroatoms. The van der Waals surface area contributed by atoms with Crippen molar-refractivity contribution in [3.8, 4) is 0 Å². The van der Waals surface area contributed by atoms with Crippen molar-refractivity contribution in [2.24, 2.45) is 5.10 Å². The van der Waals surface area contributed by atoms with Crippen molar-refractivity contribution in [3.63, 3.8) is 0 Å². The van der Waals surface area contributed by atoms with Gasteiger partial charge in [-0.15, -0.1) is 0 Å². The Morgan fingerprint density at radius 3 is 2.25 bits per heavy atom. The van der Waals surface area contributed by atoms with Crippen LogP contribution in [0.4, 0.5) is 0 Å². The van der Waals surface area contributed by atoms with Gasteiger partial charge in [-0.05, 0) is 13.0 Å². The molecule has 46 valence electrons. The van der Waals surface area contributed by atoms with Gasteiger partial charge in [-0.25, -0.2) is 0 Å². The first-order valence-electron chi connectivity index (χ1n) is 2.51. The van der Waals surface area contributed by atoms with E-state index in [0.29, 0.717) is 0 Å². The van der Waals surface area contributed by atoms with Gasteiger partial charge in [0.1, 0.15) is 0 Å². The fourth-order valence-electron chi connectivity index (χ4n) is 0.356. The van der Waals surface area contributed by atoms with Crippen molar-refractivity contribution < 1.29 is 0 Å². The van der Waals surface area contributed by atoms with Crippen LogP contribution in [-0.2, 0) is 0 Å². The molecule has 0 aliphatic rings. The standard InChI is InChI=1S/C6H12N2/c1-5-6(2)7-8(3)4/h5H,1H2,2-4H3/b7-6-. The van der Waals surface area contributed by atoms with E-state index in [2.05, 4.69) is 11.7 Å². The average Bonchev–Trinajstić information content (AvgIpc) is 1.65. The van der Waals surface area contributed by atoms with Crippen LogP contribution in [0.2, 0.25) is 0 Å². The fourth-order valence-corrected chi connectivity index (χ4v) is 0.356. The van der Waals surface area contributed by atoms with Crippen LogP contribution in [0.25, 0.3) is 0 Å². The number of allylic oxidation sites excluding steroid dienone is 1. The highest BCUT2D eigenvalue weighted by Crippen LogP contribution is 1.80. The molecule has 0 aromatic carbocycles. The normalized spacial score (nSPS) is 11.1. The Morgan fingerprint density at radius 2 is 2.12 bits per heavy atom. The van der Waals surface area contributed by atoms with Gasteiger partial charge in [0, 0.05) is 14.1 Å². The Labute approximate surface area is 50.5 Å². The van der Waals surface area contributed by atoms with Crippen molar-refractivity contribution in [2.75, 3.05) is 14.1 Å². The molecule has 0 spiro atoms. The largest absolute Gasteiger partial charge is 0.303 e. The van der Waals surface area contributed by atoms with Crippen LogP contribution in [-0.4, -0.2) is 24.8 Å². The molecular weight excluding hydrogens is 100 g/mol. The van der Waals surface area contributed by atoms with Crippen molar-refractivity contribution in [2.45, 2.75) is 6.92 Å². The van der Waals surface area contributed by atoms with Crippen molar-refractivity contribution >= 4 is 5.71 Å². The van der Waals surface area contributed by atoms with E-state index in [1.807, 2.05) is 21.0 Å². The van der Waals surface area contributed by atoms with Gasteiger partial charge in [0.05, 0.1) is 5.71 Å². The lowest BCUT2D eigenvalue weighted by molar-refractivity contribution is 0.438. The molecule has 0 saturated heterocycles. The first kappa shape index (κ1) is 7.21. The number of nitrogens with zero attached hydrogens (tertiary/aromatic N) is 2. The molecule has 0 atom stereocenters. The monoisotopic (exact) mass is 112 g/mol. The van der Waals surface area contributed by atoms with Gasteiger partial charge in [-0.3, -0.25) is 0 Å². The third kappa shape index (κ3) is 3.40. The van der Waals surface area contributed by atoms with Crippen LogP contribution in [0.5, 0.6) is 0 Å². The van der Waals surface area contributed by atoms with Gasteiger partial charge in [-0.1, -0.05) is 6.58 Å². The number of hydrogen-bond donors (Lipinski definition) is 0. The van der Waals surface area contributed by atoms with Crippen molar-refractivity contribution in [1.82, 2.24) is 5.01 Å². The predicted octanol–water partition coefficient (Wildman–Crippen LogP) is 1.11. The number of hydrazone groups is 1. The van der Waals surface area contributed by atoms with E-state index in [0.717, 1.165) is 5.71 Å². The van der Waals surface area contributed by atoms with E-state index in [1.165, 1.54) is 0 Å². The Hall–Kier alpha value is -0.790. The summed E-state index contributed by atoms with van der Waals surface area (Å²) in [6.07, 6.45) is 1.72. The van der Waals surface area contributed by atoms with Crippen LogP contribution < -0.4 is 0 Å².